The van der Waals surface area contributed by atoms with Crippen LogP contribution in [0.3, 0.4) is 0 Å². The molecule has 1 fully saturated rings. The highest BCUT2D eigenvalue weighted by Crippen LogP contribution is 2.33. The normalized spacial score (nSPS) is 22.6. The molecule has 5 heteroatoms. The fourth-order valence-electron chi connectivity index (χ4n) is 3.73. The molecule has 0 aliphatic carbocycles. The Labute approximate surface area is 134 Å². The Balaban J connectivity index is 1.89. The van der Waals surface area contributed by atoms with E-state index in [0.717, 1.165) is 45.9 Å². The van der Waals surface area contributed by atoms with Gasteiger partial charge in [-0.1, -0.05) is 25.4 Å². The van der Waals surface area contributed by atoms with E-state index in [1.54, 1.807) is 6.33 Å². The SMILES string of the molecule is C[C@@H]1C[C@@H](C)CN(c2ncnc3c2[nH]c2ccc(Cl)cc23)C1. The van der Waals surface area contributed by atoms with Gasteiger partial charge in [0.2, 0.25) is 0 Å². The second-order valence-electron chi connectivity index (χ2n) is 6.59. The molecule has 1 aliphatic rings. The van der Waals surface area contributed by atoms with Gasteiger partial charge in [0, 0.05) is 29.0 Å². The number of benzene rings is 1. The van der Waals surface area contributed by atoms with Crippen LogP contribution in [0.15, 0.2) is 24.5 Å². The zero-order valence-corrected chi connectivity index (χ0v) is 13.6. The Morgan fingerprint density at radius 3 is 2.73 bits per heavy atom. The minimum Gasteiger partial charge on any atom is -0.354 e. The highest BCUT2D eigenvalue weighted by atomic mass is 35.5. The summed E-state index contributed by atoms with van der Waals surface area (Å²) in [5.74, 6) is 2.39. The molecule has 22 heavy (non-hydrogen) atoms. The number of aromatic nitrogens is 3. The van der Waals surface area contributed by atoms with Crippen molar-refractivity contribution in [2.45, 2.75) is 20.3 Å². The Kier molecular flexibility index (Phi) is 3.22. The minimum atomic E-state index is 0.688. The van der Waals surface area contributed by atoms with Crippen molar-refractivity contribution in [1.29, 1.82) is 0 Å². The maximum Gasteiger partial charge on any atom is 0.156 e. The number of halogens is 1. The first-order chi connectivity index (χ1) is 10.6. The van der Waals surface area contributed by atoms with Crippen molar-refractivity contribution in [3.8, 4) is 0 Å². The van der Waals surface area contributed by atoms with E-state index in [9.17, 15) is 0 Å². The third kappa shape index (κ3) is 2.22. The summed E-state index contributed by atoms with van der Waals surface area (Å²) in [6.45, 7) is 6.72. The van der Waals surface area contributed by atoms with Crippen molar-refractivity contribution < 1.29 is 0 Å². The molecule has 0 bridgehead atoms. The molecular formula is C17H19ClN4. The van der Waals surface area contributed by atoms with E-state index < -0.39 is 0 Å². The van der Waals surface area contributed by atoms with E-state index in [4.69, 9.17) is 11.6 Å². The first-order valence-corrected chi connectivity index (χ1v) is 8.16. The van der Waals surface area contributed by atoms with Crippen LogP contribution in [-0.4, -0.2) is 28.0 Å². The lowest BCUT2D eigenvalue weighted by molar-refractivity contribution is 0.356. The molecule has 1 aromatic carbocycles. The molecule has 1 N–H and O–H groups in total. The predicted molar refractivity (Wildman–Crippen MR) is 91.6 cm³/mol. The fourth-order valence-corrected chi connectivity index (χ4v) is 3.90. The van der Waals surface area contributed by atoms with Gasteiger partial charge in [0.25, 0.3) is 0 Å². The van der Waals surface area contributed by atoms with Crippen LogP contribution >= 0.6 is 11.6 Å². The zero-order valence-electron chi connectivity index (χ0n) is 12.8. The summed E-state index contributed by atoms with van der Waals surface area (Å²) in [6.07, 6.45) is 2.95. The number of nitrogens with zero attached hydrogens (tertiary/aromatic N) is 3. The summed E-state index contributed by atoms with van der Waals surface area (Å²) in [7, 11) is 0. The van der Waals surface area contributed by atoms with Gasteiger partial charge in [-0.3, -0.25) is 0 Å². The van der Waals surface area contributed by atoms with E-state index in [1.807, 2.05) is 18.2 Å². The molecule has 1 aliphatic heterocycles. The number of rotatable bonds is 1. The van der Waals surface area contributed by atoms with E-state index >= 15 is 0 Å². The Morgan fingerprint density at radius 1 is 1.18 bits per heavy atom. The summed E-state index contributed by atoms with van der Waals surface area (Å²) in [5.41, 5.74) is 3.02. The molecule has 0 radical (unpaired) electrons. The topological polar surface area (TPSA) is 44.8 Å². The van der Waals surface area contributed by atoms with Crippen LogP contribution in [-0.2, 0) is 0 Å². The Hall–Kier alpha value is -1.81. The van der Waals surface area contributed by atoms with Gasteiger partial charge in [-0.05, 0) is 36.5 Å². The Bertz CT molecular complexity index is 831. The van der Waals surface area contributed by atoms with Crippen molar-refractivity contribution in [2.75, 3.05) is 18.0 Å². The molecule has 2 aromatic heterocycles. The first kappa shape index (κ1) is 13.8. The number of H-pyrrole nitrogens is 1. The third-order valence-electron chi connectivity index (χ3n) is 4.49. The van der Waals surface area contributed by atoms with E-state index in [0.29, 0.717) is 11.8 Å². The van der Waals surface area contributed by atoms with Gasteiger partial charge in [-0.25, -0.2) is 9.97 Å². The number of hydrogen-bond acceptors (Lipinski definition) is 3. The third-order valence-corrected chi connectivity index (χ3v) is 4.73. The van der Waals surface area contributed by atoms with Gasteiger partial charge in [0.1, 0.15) is 17.4 Å². The molecule has 3 aromatic rings. The highest BCUT2D eigenvalue weighted by molar-refractivity contribution is 6.31. The molecule has 0 saturated carbocycles. The van der Waals surface area contributed by atoms with Crippen molar-refractivity contribution in [2.24, 2.45) is 11.8 Å². The second-order valence-corrected chi connectivity index (χ2v) is 7.02. The fraction of sp³-hybridized carbons (Fsp3) is 0.412. The van der Waals surface area contributed by atoms with Crippen LogP contribution in [0, 0.1) is 11.8 Å². The summed E-state index contributed by atoms with van der Waals surface area (Å²) in [6, 6.07) is 5.87. The lowest BCUT2D eigenvalue weighted by Crippen LogP contribution is -2.39. The molecule has 0 amide bonds. The average molecular weight is 315 g/mol. The van der Waals surface area contributed by atoms with Crippen molar-refractivity contribution in [3.63, 3.8) is 0 Å². The predicted octanol–water partition coefficient (Wildman–Crippen LogP) is 4.25. The van der Waals surface area contributed by atoms with Crippen molar-refractivity contribution in [1.82, 2.24) is 15.0 Å². The summed E-state index contributed by atoms with van der Waals surface area (Å²) in [4.78, 5) is 14.9. The quantitative estimate of drug-likeness (QED) is 0.730. The van der Waals surface area contributed by atoms with Gasteiger partial charge in [0.15, 0.2) is 5.82 Å². The van der Waals surface area contributed by atoms with Gasteiger partial charge in [-0.15, -0.1) is 0 Å². The zero-order chi connectivity index (χ0) is 15.3. The van der Waals surface area contributed by atoms with Crippen LogP contribution < -0.4 is 4.90 Å². The maximum atomic E-state index is 6.13. The average Bonchev–Trinajstić information content (AvgIpc) is 2.84. The van der Waals surface area contributed by atoms with Crippen LogP contribution in [0.5, 0.6) is 0 Å². The van der Waals surface area contributed by atoms with Gasteiger partial charge < -0.3 is 9.88 Å². The lowest BCUT2D eigenvalue weighted by Gasteiger charge is -2.35. The molecule has 1 saturated heterocycles. The number of piperidine rings is 1. The minimum absolute atomic E-state index is 0.688. The van der Waals surface area contributed by atoms with Crippen LogP contribution in [0.25, 0.3) is 21.9 Å². The first-order valence-electron chi connectivity index (χ1n) is 7.78. The molecule has 114 valence electrons. The van der Waals surface area contributed by atoms with Crippen molar-refractivity contribution in [3.05, 3.63) is 29.5 Å². The van der Waals surface area contributed by atoms with Gasteiger partial charge >= 0.3 is 0 Å². The highest BCUT2D eigenvalue weighted by Gasteiger charge is 2.25. The molecule has 4 rings (SSSR count). The number of fused-ring (bicyclic) bond motifs is 3. The molecule has 2 atom stereocenters. The number of hydrogen-bond donors (Lipinski definition) is 1. The molecule has 4 nitrogen and oxygen atoms in total. The molecule has 0 unspecified atom stereocenters. The van der Waals surface area contributed by atoms with Crippen LogP contribution in [0.2, 0.25) is 5.02 Å². The summed E-state index contributed by atoms with van der Waals surface area (Å²) in [5, 5.41) is 1.79. The van der Waals surface area contributed by atoms with Crippen LogP contribution in [0.4, 0.5) is 5.82 Å². The number of anilines is 1. The van der Waals surface area contributed by atoms with E-state index in [2.05, 4.69) is 33.7 Å². The molecular weight excluding hydrogens is 296 g/mol. The van der Waals surface area contributed by atoms with Gasteiger partial charge in [-0.2, -0.15) is 0 Å². The summed E-state index contributed by atoms with van der Waals surface area (Å²) < 4.78 is 0. The van der Waals surface area contributed by atoms with E-state index in [1.165, 1.54) is 6.42 Å². The van der Waals surface area contributed by atoms with Crippen LogP contribution in [0.1, 0.15) is 20.3 Å². The number of nitrogens with one attached hydrogen (secondary N) is 1. The molecule has 0 spiro atoms. The molecule has 3 heterocycles. The second kappa shape index (κ2) is 5.13. The van der Waals surface area contributed by atoms with E-state index in [-0.39, 0.29) is 0 Å². The smallest absolute Gasteiger partial charge is 0.156 e. The largest absolute Gasteiger partial charge is 0.354 e. The Morgan fingerprint density at radius 2 is 1.95 bits per heavy atom. The number of aromatic amines is 1. The van der Waals surface area contributed by atoms with Gasteiger partial charge in [0.05, 0.1) is 0 Å². The maximum absolute atomic E-state index is 6.13. The standard InChI is InChI=1S/C17H19ClN4/c1-10-5-11(2)8-22(7-10)17-16-15(19-9-20-17)13-6-12(18)3-4-14(13)21-16/h3-4,6,9-11,21H,5,7-8H2,1-2H3/t10-,11-/m1/s1. The van der Waals surface area contributed by atoms with Crippen molar-refractivity contribution >= 4 is 39.4 Å². The summed E-state index contributed by atoms with van der Waals surface area (Å²) >= 11 is 6.13. The lowest BCUT2D eigenvalue weighted by atomic mass is 9.92. The monoisotopic (exact) mass is 314 g/mol.